The van der Waals surface area contributed by atoms with Crippen molar-refractivity contribution in [3.8, 4) is 0 Å². The molecule has 0 aromatic heterocycles. The maximum absolute atomic E-state index is 10.3. The molecule has 1 aliphatic rings. The van der Waals surface area contributed by atoms with Crippen LogP contribution in [0.15, 0.2) is 11.6 Å². The van der Waals surface area contributed by atoms with Gasteiger partial charge < -0.3 is 4.79 Å². The molecule has 0 aromatic rings. The quantitative estimate of drug-likeness (QED) is 0.493. The molecule has 0 bridgehead atoms. The Morgan fingerprint density at radius 3 is 2.79 bits per heavy atom. The van der Waals surface area contributed by atoms with Crippen molar-refractivity contribution in [1.82, 2.24) is 0 Å². The van der Waals surface area contributed by atoms with Gasteiger partial charge in [0.15, 0.2) is 0 Å². The normalized spacial score (nSPS) is 27.6. The second-order valence-corrected chi connectivity index (χ2v) is 4.80. The molecule has 0 saturated heterocycles. The predicted octanol–water partition coefficient (Wildman–Crippen LogP) is 3.59. The summed E-state index contributed by atoms with van der Waals surface area (Å²) in [5, 5.41) is 0. The molecule has 0 aromatic carbocycles. The van der Waals surface area contributed by atoms with Crippen molar-refractivity contribution in [3.63, 3.8) is 0 Å². The third-order valence-corrected chi connectivity index (χ3v) is 3.42. The number of hydrogen-bond acceptors (Lipinski definition) is 1. The molecule has 2 atom stereocenters. The van der Waals surface area contributed by atoms with Crippen molar-refractivity contribution in [2.45, 2.75) is 46.5 Å². The minimum atomic E-state index is 0.668. The van der Waals surface area contributed by atoms with Gasteiger partial charge >= 0.3 is 0 Å². The molecular formula is C13H22O. The number of allylic oxidation sites excluding steroid dienone is 2. The molecular weight excluding hydrogens is 172 g/mol. The molecule has 1 heteroatoms. The van der Waals surface area contributed by atoms with Crippen molar-refractivity contribution in [2.75, 3.05) is 0 Å². The predicted molar refractivity (Wildman–Crippen MR) is 60.1 cm³/mol. The Balaban J connectivity index is 2.51. The Morgan fingerprint density at radius 2 is 2.29 bits per heavy atom. The summed E-state index contributed by atoms with van der Waals surface area (Å²) in [6, 6.07) is 0. The Labute approximate surface area is 87.6 Å². The number of carbonyl (C=O) groups is 1. The summed E-state index contributed by atoms with van der Waals surface area (Å²) in [5.41, 5.74) is 1.61. The van der Waals surface area contributed by atoms with Gasteiger partial charge in [-0.3, -0.25) is 0 Å². The summed E-state index contributed by atoms with van der Waals surface area (Å²) >= 11 is 0. The Kier molecular flexibility index (Phi) is 4.37. The van der Waals surface area contributed by atoms with Crippen LogP contribution >= 0.6 is 0 Å². The van der Waals surface area contributed by atoms with E-state index in [1.807, 2.05) is 0 Å². The van der Waals surface area contributed by atoms with Gasteiger partial charge in [-0.15, -0.1) is 0 Å². The topological polar surface area (TPSA) is 17.1 Å². The van der Waals surface area contributed by atoms with Gasteiger partial charge in [-0.25, -0.2) is 0 Å². The zero-order chi connectivity index (χ0) is 10.6. The zero-order valence-electron chi connectivity index (χ0n) is 9.62. The molecule has 14 heavy (non-hydrogen) atoms. The number of aldehydes is 1. The minimum Gasteiger partial charge on any atom is -0.303 e. The summed E-state index contributed by atoms with van der Waals surface area (Å²) in [7, 11) is 0. The van der Waals surface area contributed by atoms with E-state index >= 15 is 0 Å². The van der Waals surface area contributed by atoms with E-state index in [0.29, 0.717) is 11.8 Å². The third-order valence-electron chi connectivity index (χ3n) is 3.42. The lowest BCUT2D eigenvalue weighted by Crippen LogP contribution is -2.17. The van der Waals surface area contributed by atoms with Crippen LogP contribution < -0.4 is 0 Å². The molecule has 1 nitrogen and oxygen atoms in total. The lowest BCUT2D eigenvalue weighted by Gasteiger charge is -2.29. The van der Waals surface area contributed by atoms with Crippen molar-refractivity contribution < 1.29 is 4.79 Å². The molecule has 0 amide bonds. The lowest BCUT2D eigenvalue weighted by molar-refractivity contribution is -0.108. The fourth-order valence-electron chi connectivity index (χ4n) is 2.34. The van der Waals surface area contributed by atoms with Crippen LogP contribution in [0.4, 0.5) is 0 Å². The second kappa shape index (κ2) is 5.33. The minimum absolute atomic E-state index is 0.668. The molecule has 1 aliphatic carbocycles. The van der Waals surface area contributed by atoms with Crippen LogP contribution in [-0.2, 0) is 4.79 Å². The zero-order valence-corrected chi connectivity index (χ0v) is 9.62. The van der Waals surface area contributed by atoms with E-state index in [0.717, 1.165) is 25.0 Å². The van der Waals surface area contributed by atoms with Crippen molar-refractivity contribution in [3.05, 3.63) is 11.6 Å². The Morgan fingerprint density at radius 1 is 1.57 bits per heavy atom. The molecule has 80 valence electrons. The summed E-state index contributed by atoms with van der Waals surface area (Å²) < 4.78 is 0. The monoisotopic (exact) mass is 194 g/mol. The van der Waals surface area contributed by atoms with Gasteiger partial charge in [-0.2, -0.15) is 0 Å². The maximum Gasteiger partial charge on any atom is 0.120 e. The van der Waals surface area contributed by atoms with Gasteiger partial charge in [0.05, 0.1) is 0 Å². The third kappa shape index (κ3) is 2.97. The fraction of sp³-hybridized carbons (Fsp3) is 0.769. The SMILES string of the molecule is CC(C)C1=C[C@@H](C)C(CCC=O)CC1. The average Bonchev–Trinajstić information content (AvgIpc) is 2.15. The van der Waals surface area contributed by atoms with E-state index < -0.39 is 0 Å². The molecule has 0 spiro atoms. The number of carbonyl (C=O) groups excluding carboxylic acids is 1. The highest BCUT2D eigenvalue weighted by atomic mass is 16.1. The molecule has 1 rings (SSSR count). The van der Waals surface area contributed by atoms with E-state index in [1.54, 1.807) is 5.57 Å². The molecule has 0 saturated carbocycles. The van der Waals surface area contributed by atoms with Crippen molar-refractivity contribution in [2.24, 2.45) is 17.8 Å². The summed E-state index contributed by atoms with van der Waals surface area (Å²) in [6.07, 6.45) is 7.81. The molecule has 1 unspecified atom stereocenters. The van der Waals surface area contributed by atoms with Crippen LogP contribution in [0, 0.1) is 17.8 Å². The average molecular weight is 194 g/mol. The first-order chi connectivity index (χ1) is 6.65. The first kappa shape index (κ1) is 11.5. The van der Waals surface area contributed by atoms with Crippen molar-refractivity contribution >= 4 is 6.29 Å². The molecule has 0 N–H and O–H groups in total. The molecule has 0 fully saturated rings. The van der Waals surface area contributed by atoms with Crippen LogP contribution in [0.5, 0.6) is 0 Å². The smallest absolute Gasteiger partial charge is 0.120 e. The number of rotatable bonds is 4. The summed E-state index contributed by atoms with van der Waals surface area (Å²) in [4.78, 5) is 10.3. The number of hydrogen-bond donors (Lipinski definition) is 0. The highest BCUT2D eigenvalue weighted by Gasteiger charge is 2.21. The molecule has 0 radical (unpaired) electrons. The first-order valence-electron chi connectivity index (χ1n) is 5.79. The van der Waals surface area contributed by atoms with E-state index in [4.69, 9.17) is 0 Å². The molecule has 0 heterocycles. The highest BCUT2D eigenvalue weighted by Crippen LogP contribution is 2.34. The van der Waals surface area contributed by atoms with Gasteiger partial charge in [-0.1, -0.05) is 32.4 Å². The van der Waals surface area contributed by atoms with E-state index in [9.17, 15) is 4.79 Å². The molecule has 0 aliphatic heterocycles. The van der Waals surface area contributed by atoms with E-state index in [1.165, 1.54) is 12.8 Å². The van der Waals surface area contributed by atoms with Gasteiger partial charge in [0.25, 0.3) is 0 Å². The van der Waals surface area contributed by atoms with Gasteiger partial charge in [0.1, 0.15) is 6.29 Å². The fourth-order valence-corrected chi connectivity index (χ4v) is 2.34. The van der Waals surface area contributed by atoms with Crippen LogP contribution in [0.1, 0.15) is 46.5 Å². The van der Waals surface area contributed by atoms with Crippen LogP contribution in [-0.4, -0.2) is 6.29 Å². The van der Waals surface area contributed by atoms with E-state index in [2.05, 4.69) is 26.8 Å². The van der Waals surface area contributed by atoms with Crippen LogP contribution in [0.3, 0.4) is 0 Å². The second-order valence-electron chi connectivity index (χ2n) is 4.80. The maximum atomic E-state index is 10.3. The standard InChI is InChI=1S/C13H22O/c1-10(2)13-7-6-12(5-4-8-14)11(3)9-13/h8-12H,4-7H2,1-3H3/t11-,12?/m1/s1. The van der Waals surface area contributed by atoms with Gasteiger partial charge in [0.2, 0.25) is 0 Å². The highest BCUT2D eigenvalue weighted by molar-refractivity contribution is 5.49. The van der Waals surface area contributed by atoms with Crippen molar-refractivity contribution in [1.29, 1.82) is 0 Å². The summed E-state index contributed by atoms with van der Waals surface area (Å²) in [6.45, 7) is 6.83. The van der Waals surface area contributed by atoms with Gasteiger partial charge in [-0.05, 0) is 37.0 Å². The first-order valence-corrected chi connectivity index (χ1v) is 5.79. The Hall–Kier alpha value is -0.590. The summed E-state index contributed by atoms with van der Waals surface area (Å²) in [5.74, 6) is 2.10. The van der Waals surface area contributed by atoms with Gasteiger partial charge in [0, 0.05) is 6.42 Å². The van der Waals surface area contributed by atoms with Crippen LogP contribution in [0.2, 0.25) is 0 Å². The van der Waals surface area contributed by atoms with E-state index in [-0.39, 0.29) is 0 Å². The lowest BCUT2D eigenvalue weighted by atomic mass is 9.77. The Bertz CT molecular complexity index is 215. The largest absolute Gasteiger partial charge is 0.303 e. The van der Waals surface area contributed by atoms with Crippen LogP contribution in [0.25, 0.3) is 0 Å².